The molecule has 1 aliphatic rings. The molecule has 5 nitrogen and oxygen atoms in total. The fraction of sp³-hybridized carbons (Fsp3) is 0.667. The van der Waals surface area contributed by atoms with Gasteiger partial charge in [-0.25, -0.2) is 4.79 Å². The van der Waals surface area contributed by atoms with Gasteiger partial charge >= 0.3 is 5.97 Å². The summed E-state index contributed by atoms with van der Waals surface area (Å²) in [5.41, 5.74) is 0. The molecule has 0 aromatic rings. The van der Waals surface area contributed by atoms with Crippen molar-refractivity contribution < 1.29 is 19.1 Å². The monoisotopic (exact) mass is 241 g/mol. The van der Waals surface area contributed by atoms with Crippen molar-refractivity contribution >= 4 is 11.9 Å². The second kappa shape index (κ2) is 7.06. The number of ether oxygens (including phenoxy) is 2. The third kappa shape index (κ3) is 6.06. The molecule has 0 spiro atoms. The van der Waals surface area contributed by atoms with Gasteiger partial charge in [0, 0.05) is 6.54 Å². The van der Waals surface area contributed by atoms with Crippen molar-refractivity contribution in [2.45, 2.75) is 25.9 Å². The van der Waals surface area contributed by atoms with E-state index in [0.29, 0.717) is 12.5 Å². The van der Waals surface area contributed by atoms with E-state index in [1.54, 1.807) is 13.0 Å². The number of hydrogen-bond donors (Lipinski definition) is 1. The predicted octanol–water partition coefficient (Wildman–Crippen LogP) is 0.647. The minimum Gasteiger partial charge on any atom is -0.454 e. The number of rotatable bonds is 8. The summed E-state index contributed by atoms with van der Waals surface area (Å²) in [5, 5.41) is 2.71. The SMILES string of the molecule is C=CCOC(C)C(=O)OCC(=O)NCC1CC1. The van der Waals surface area contributed by atoms with Crippen LogP contribution >= 0.6 is 0 Å². The van der Waals surface area contributed by atoms with Gasteiger partial charge in [0.15, 0.2) is 12.7 Å². The Morgan fingerprint density at radius 2 is 2.24 bits per heavy atom. The van der Waals surface area contributed by atoms with Gasteiger partial charge in [-0.15, -0.1) is 6.58 Å². The average molecular weight is 241 g/mol. The highest BCUT2D eigenvalue weighted by Crippen LogP contribution is 2.27. The first-order valence-corrected chi connectivity index (χ1v) is 5.79. The molecule has 1 amide bonds. The molecule has 1 fully saturated rings. The number of amides is 1. The van der Waals surface area contributed by atoms with Crippen molar-refractivity contribution in [3.05, 3.63) is 12.7 Å². The molecule has 0 radical (unpaired) electrons. The zero-order valence-corrected chi connectivity index (χ0v) is 10.1. The van der Waals surface area contributed by atoms with Crippen molar-refractivity contribution in [3.63, 3.8) is 0 Å². The highest BCUT2D eigenvalue weighted by Gasteiger charge is 2.22. The number of carbonyl (C=O) groups excluding carboxylic acids is 2. The van der Waals surface area contributed by atoms with Gasteiger partial charge in [0.1, 0.15) is 0 Å². The molecule has 0 aliphatic heterocycles. The Bertz CT molecular complexity index is 286. The van der Waals surface area contributed by atoms with Crippen molar-refractivity contribution in [1.82, 2.24) is 5.32 Å². The molecule has 1 unspecified atom stereocenters. The highest BCUT2D eigenvalue weighted by molar-refractivity contribution is 5.81. The molecule has 0 heterocycles. The summed E-state index contributed by atoms with van der Waals surface area (Å²) in [7, 11) is 0. The second-order valence-corrected chi connectivity index (χ2v) is 4.12. The molecule has 1 N–H and O–H groups in total. The quantitative estimate of drug-likeness (QED) is 0.500. The lowest BCUT2D eigenvalue weighted by Gasteiger charge is -2.11. The molecular formula is C12H19NO4. The van der Waals surface area contributed by atoms with Crippen LogP contribution in [-0.4, -0.2) is 37.7 Å². The van der Waals surface area contributed by atoms with E-state index in [1.807, 2.05) is 0 Å². The molecule has 17 heavy (non-hydrogen) atoms. The summed E-state index contributed by atoms with van der Waals surface area (Å²) >= 11 is 0. The minimum atomic E-state index is -0.677. The van der Waals surface area contributed by atoms with Crippen LogP contribution in [0, 0.1) is 5.92 Å². The summed E-state index contributed by atoms with van der Waals surface area (Å²) in [4.78, 5) is 22.6. The fourth-order valence-electron chi connectivity index (χ4n) is 1.17. The van der Waals surface area contributed by atoms with E-state index in [4.69, 9.17) is 9.47 Å². The second-order valence-electron chi connectivity index (χ2n) is 4.12. The van der Waals surface area contributed by atoms with Crippen molar-refractivity contribution in [1.29, 1.82) is 0 Å². The van der Waals surface area contributed by atoms with Gasteiger partial charge in [0.05, 0.1) is 6.61 Å². The van der Waals surface area contributed by atoms with Crippen LogP contribution in [0.25, 0.3) is 0 Å². The van der Waals surface area contributed by atoms with Crippen LogP contribution in [0.15, 0.2) is 12.7 Å². The highest BCUT2D eigenvalue weighted by atomic mass is 16.6. The first-order valence-electron chi connectivity index (χ1n) is 5.79. The predicted molar refractivity (Wildman–Crippen MR) is 62.3 cm³/mol. The minimum absolute atomic E-state index is 0.243. The molecular weight excluding hydrogens is 222 g/mol. The van der Waals surface area contributed by atoms with Crippen LogP contribution in [0.4, 0.5) is 0 Å². The Balaban J connectivity index is 2.08. The summed E-state index contributed by atoms with van der Waals surface area (Å²) in [6, 6.07) is 0. The maximum absolute atomic E-state index is 11.3. The lowest BCUT2D eigenvalue weighted by Crippen LogP contribution is -2.32. The molecule has 0 aromatic heterocycles. The van der Waals surface area contributed by atoms with Gasteiger partial charge in [-0.1, -0.05) is 6.08 Å². The lowest BCUT2D eigenvalue weighted by molar-refractivity contribution is -0.158. The number of esters is 1. The molecule has 1 saturated carbocycles. The van der Waals surface area contributed by atoms with Crippen LogP contribution in [0.2, 0.25) is 0 Å². The van der Waals surface area contributed by atoms with Crippen LogP contribution in [0.3, 0.4) is 0 Å². The molecule has 0 bridgehead atoms. The zero-order valence-electron chi connectivity index (χ0n) is 10.1. The smallest absolute Gasteiger partial charge is 0.335 e. The van der Waals surface area contributed by atoms with Crippen molar-refractivity contribution in [2.75, 3.05) is 19.8 Å². The van der Waals surface area contributed by atoms with Gasteiger partial charge < -0.3 is 14.8 Å². The third-order valence-corrected chi connectivity index (χ3v) is 2.43. The van der Waals surface area contributed by atoms with E-state index in [-0.39, 0.29) is 19.1 Å². The molecule has 1 rings (SSSR count). The Morgan fingerprint density at radius 1 is 1.53 bits per heavy atom. The van der Waals surface area contributed by atoms with E-state index in [9.17, 15) is 9.59 Å². The molecule has 5 heteroatoms. The maximum Gasteiger partial charge on any atom is 0.335 e. The molecule has 1 aliphatic carbocycles. The van der Waals surface area contributed by atoms with Gasteiger partial charge in [0.25, 0.3) is 5.91 Å². The van der Waals surface area contributed by atoms with E-state index in [2.05, 4.69) is 11.9 Å². The van der Waals surface area contributed by atoms with Crippen molar-refractivity contribution in [3.8, 4) is 0 Å². The molecule has 0 aromatic carbocycles. The summed E-state index contributed by atoms with van der Waals surface area (Å²) in [6.45, 7) is 5.77. The van der Waals surface area contributed by atoms with Gasteiger partial charge in [-0.05, 0) is 25.7 Å². The zero-order chi connectivity index (χ0) is 12.7. The summed E-state index contributed by atoms with van der Waals surface area (Å²) in [5.74, 6) is -0.181. The topological polar surface area (TPSA) is 64.6 Å². The third-order valence-electron chi connectivity index (χ3n) is 2.43. The number of carbonyl (C=O) groups is 2. The Morgan fingerprint density at radius 3 is 2.82 bits per heavy atom. The standard InChI is InChI=1S/C12H19NO4/c1-3-6-16-9(2)12(15)17-8-11(14)13-7-10-4-5-10/h3,9-10H,1,4-8H2,2H3,(H,13,14). The molecule has 1 atom stereocenters. The molecule has 96 valence electrons. The fourth-order valence-corrected chi connectivity index (χ4v) is 1.17. The van der Waals surface area contributed by atoms with Gasteiger partial charge in [-0.2, -0.15) is 0 Å². The summed E-state index contributed by atoms with van der Waals surface area (Å²) in [6.07, 6.45) is 3.22. The Hall–Kier alpha value is -1.36. The maximum atomic E-state index is 11.3. The first-order chi connectivity index (χ1) is 8.13. The Kier molecular flexibility index (Phi) is 5.69. The molecule has 0 saturated heterocycles. The van der Waals surface area contributed by atoms with E-state index in [0.717, 1.165) is 0 Å². The van der Waals surface area contributed by atoms with E-state index < -0.39 is 12.1 Å². The van der Waals surface area contributed by atoms with Crippen molar-refractivity contribution in [2.24, 2.45) is 5.92 Å². The van der Waals surface area contributed by atoms with Crippen LogP contribution in [0.1, 0.15) is 19.8 Å². The van der Waals surface area contributed by atoms with E-state index >= 15 is 0 Å². The van der Waals surface area contributed by atoms with Crippen LogP contribution in [0.5, 0.6) is 0 Å². The summed E-state index contributed by atoms with van der Waals surface area (Å²) < 4.78 is 9.87. The average Bonchev–Trinajstić information content (AvgIpc) is 3.14. The Labute approximate surface area is 101 Å². The largest absolute Gasteiger partial charge is 0.454 e. The van der Waals surface area contributed by atoms with Crippen LogP contribution < -0.4 is 5.32 Å². The van der Waals surface area contributed by atoms with Crippen LogP contribution in [-0.2, 0) is 19.1 Å². The number of nitrogens with one attached hydrogen (secondary N) is 1. The lowest BCUT2D eigenvalue weighted by atomic mass is 10.4. The normalized spacial score (nSPS) is 16.1. The first kappa shape index (κ1) is 13.7. The van der Waals surface area contributed by atoms with Gasteiger partial charge in [0.2, 0.25) is 0 Å². The van der Waals surface area contributed by atoms with Gasteiger partial charge in [-0.3, -0.25) is 4.79 Å². The number of hydrogen-bond acceptors (Lipinski definition) is 4. The van der Waals surface area contributed by atoms with E-state index in [1.165, 1.54) is 12.8 Å².